The van der Waals surface area contributed by atoms with E-state index >= 15 is 0 Å². The maximum Gasteiger partial charge on any atom is 0.324 e. The van der Waals surface area contributed by atoms with Gasteiger partial charge in [-0.05, 0) is 36.8 Å². The van der Waals surface area contributed by atoms with Crippen LogP contribution in [0.2, 0.25) is 0 Å². The molecule has 0 atom stereocenters. The van der Waals surface area contributed by atoms with Gasteiger partial charge in [0.15, 0.2) is 11.3 Å². The Morgan fingerprint density at radius 3 is 2.54 bits per heavy atom. The predicted octanol–water partition coefficient (Wildman–Crippen LogP) is 5.08. The summed E-state index contributed by atoms with van der Waals surface area (Å²) in [7, 11) is 1.34. The number of benzene rings is 2. The SMILES string of the molecule is COc1cc(-n2nc(C(C)(C)C)cc2NC(=O)Nc2ccc(Oc3ncnc(N)c3C#N)cc2C)ccc1[N+](=O)[O-]. The first kappa shape index (κ1) is 28.3. The summed E-state index contributed by atoms with van der Waals surface area (Å²) in [4.78, 5) is 31.6. The van der Waals surface area contributed by atoms with E-state index in [1.54, 1.807) is 31.2 Å². The standard InChI is InChI=1S/C27H27N9O5/c1-15-10-17(41-25-18(13-28)24(29)30-14-31-25)7-8-19(15)32-26(37)33-23-12-22(27(2,3)4)34-35(23)16-6-9-20(36(38)39)21(11-16)40-5/h6-12,14H,1-5H3,(H2,29,30,31)(H2,32,33,37). The van der Waals surface area contributed by atoms with Crippen molar-refractivity contribution >= 4 is 29.0 Å². The Labute approximate surface area is 234 Å². The first-order chi connectivity index (χ1) is 19.4. The summed E-state index contributed by atoms with van der Waals surface area (Å²) in [6.07, 6.45) is 1.20. The Balaban J connectivity index is 1.58. The summed E-state index contributed by atoms with van der Waals surface area (Å²) in [5, 5.41) is 30.9. The first-order valence-electron chi connectivity index (χ1n) is 12.2. The summed E-state index contributed by atoms with van der Waals surface area (Å²) in [5.41, 5.74) is 7.50. The molecule has 4 rings (SSSR count). The molecule has 14 nitrogen and oxygen atoms in total. The van der Waals surface area contributed by atoms with Gasteiger partial charge in [0.1, 0.15) is 29.8 Å². The van der Waals surface area contributed by atoms with Crippen LogP contribution in [-0.2, 0) is 5.41 Å². The number of hydrogen-bond acceptors (Lipinski definition) is 10. The highest BCUT2D eigenvalue weighted by atomic mass is 16.6. The molecule has 0 radical (unpaired) electrons. The van der Waals surface area contributed by atoms with Crippen molar-refractivity contribution in [2.45, 2.75) is 33.1 Å². The number of nitriles is 1. The molecule has 2 heterocycles. The minimum absolute atomic E-state index is 0.00482. The largest absolute Gasteiger partial charge is 0.490 e. The van der Waals surface area contributed by atoms with Crippen molar-refractivity contribution in [2.24, 2.45) is 0 Å². The van der Waals surface area contributed by atoms with Crippen molar-refractivity contribution in [3.05, 3.63) is 75.7 Å². The number of carbonyl (C=O) groups excluding carboxylic acids is 1. The molecule has 0 saturated carbocycles. The van der Waals surface area contributed by atoms with Crippen molar-refractivity contribution in [1.82, 2.24) is 19.7 Å². The number of anilines is 3. The van der Waals surface area contributed by atoms with E-state index in [2.05, 4.69) is 25.7 Å². The van der Waals surface area contributed by atoms with Crippen LogP contribution in [-0.4, -0.2) is 37.8 Å². The number of carbonyl (C=O) groups is 1. The topological polar surface area (TPSA) is 196 Å². The third-order valence-electron chi connectivity index (χ3n) is 5.94. The fourth-order valence-electron chi connectivity index (χ4n) is 3.77. The molecule has 0 spiro atoms. The molecule has 2 amide bonds. The maximum atomic E-state index is 13.1. The van der Waals surface area contributed by atoms with Crippen molar-refractivity contribution in [3.8, 4) is 29.1 Å². The Morgan fingerprint density at radius 1 is 1.15 bits per heavy atom. The van der Waals surface area contributed by atoms with E-state index in [9.17, 15) is 20.2 Å². The number of nitro benzene ring substituents is 1. The minimum atomic E-state index is -0.549. The van der Waals surface area contributed by atoms with Crippen LogP contribution in [0, 0.1) is 28.4 Å². The number of ether oxygens (including phenoxy) is 2. The summed E-state index contributed by atoms with van der Waals surface area (Å²) in [6, 6.07) is 12.3. The van der Waals surface area contributed by atoms with Crippen molar-refractivity contribution in [3.63, 3.8) is 0 Å². The zero-order valence-electron chi connectivity index (χ0n) is 22.9. The zero-order valence-corrected chi connectivity index (χ0v) is 22.9. The van der Waals surface area contributed by atoms with E-state index in [0.717, 1.165) is 0 Å². The number of urea groups is 1. The van der Waals surface area contributed by atoms with E-state index in [1.807, 2.05) is 26.8 Å². The number of amides is 2. The van der Waals surface area contributed by atoms with Gasteiger partial charge >= 0.3 is 11.7 Å². The lowest BCUT2D eigenvalue weighted by Crippen LogP contribution is -2.21. The number of nitrogens with one attached hydrogen (secondary N) is 2. The Morgan fingerprint density at radius 2 is 1.90 bits per heavy atom. The molecule has 0 saturated heterocycles. The normalized spacial score (nSPS) is 10.9. The van der Waals surface area contributed by atoms with Crippen molar-refractivity contribution in [1.29, 1.82) is 5.26 Å². The minimum Gasteiger partial charge on any atom is -0.490 e. The fourth-order valence-corrected chi connectivity index (χ4v) is 3.77. The number of hydrogen-bond donors (Lipinski definition) is 3. The Kier molecular flexibility index (Phi) is 7.72. The Hall–Kier alpha value is -5.71. The number of rotatable bonds is 7. The molecule has 0 bridgehead atoms. The molecule has 0 aliphatic rings. The van der Waals surface area contributed by atoms with Gasteiger partial charge in [0.25, 0.3) is 0 Å². The van der Waals surface area contributed by atoms with Crippen LogP contribution >= 0.6 is 0 Å². The quantitative estimate of drug-likeness (QED) is 0.204. The van der Waals surface area contributed by atoms with Gasteiger partial charge in [0, 0.05) is 29.3 Å². The highest BCUT2D eigenvalue weighted by Gasteiger charge is 2.23. The van der Waals surface area contributed by atoms with E-state index < -0.39 is 11.0 Å². The van der Waals surface area contributed by atoms with Gasteiger partial charge in [0.05, 0.1) is 23.4 Å². The van der Waals surface area contributed by atoms with Crippen molar-refractivity contribution in [2.75, 3.05) is 23.5 Å². The van der Waals surface area contributed by atoms with Crippen LogP contribution in [0.5, 0.6) is 17.4 Å². The van der Waals surface area contributed by atoms with Crippen LogP contribution in [0.1, 0.15) is 37.6 Å². The maximum absolute atomic E-state index is 13.1. The second-order valence-corrected chi connectivity index (χ2v) is 9.90. The summed E-state index contributed by atoms with van der Waals surface area (Å²) < 4.78 is 12.4. The molecule has 41 heavy (non-hydrogen) atoms. The lowest BCUT2D eigenvalue weighted by molar-refractivity contribution is -0.385. The monoisotopic (exact) mass is 557 g/mol. The molecule has 2 aromatic carbocycles. The number of nitrogen functional groups attached to an aromatic ring is 1. The number of methoxy groups -OCH3 is 1. The van der Waals surface area contributed by atoms with Gasteiger partial charge in [0.2, 0.25) is 5.88 Å². The molecule has 0 aliphatic carbocycles. The number of nitrogens with two attached hydrogens (primary N) is 1. The molecule has 0 fully saturated rings. The van der Waals surface area contributed by atoms with E-state index in [0.29, 0.717) is 34.2 Å². The van der Waals surface area contributed by atoms with Crippen LogP contribution in [0.15, 0.2) is 48.8 Å². The van der Waals surface area contributed by atoms with Gasteiger partial charge in [-0.15, -0.1) is 0 Å². The number of nitro groups is 1. The lowest BCUT2D eigenvalue weighted by atomic mass is 9.92. The van der Waals surface area contributed by atoms with Crippen LogP contribution < -0.4 is 25.8 Å². The first-order valence-corrected chi connectivity index (χ1v) is 12.2. The number of nitrogens with zero attached hydrogens (tertiary/aromatic N) is 6. The van der Waals surface area contributed by atoms with Crippen LogP contribution in [0.4, 0.5) is 27.8 Å². The van der Waals surface area contributed by atoms with E-state index in [1.165, 1.54) is 36.3 Å². The van der Waals surface area contributed by atoms with Crippen LogP contribution in [0.25, 0.3) is 5.69 Å². The predicted molar refractivity (Wildman–Crippen MR) is 151 cm³/mol. The molecule has 4 N–H and O–H groups in total. The number of aromatic nitrogens is 4. The average molecular weight is 558 g/mol. The van der Waals surface area contributed by atoms with E-state index in [-0.39, 0.29) is 34.1 Å². The summed E-state index contributed by atoms with van der Waals surface area (Å²) in [5.74, 6) is 0.795. The third kappa shape index (κ3) is 6.14. The van der Waals surface area contributed by atoms with Gasteiger partial charge in [-0.3, -0.25) is 15.4 Å². The molecule has 0 aliphatic heterocycles. The molecule has 14 heteroatoms. The summed E-state index contributed by atoms with van der Waals surface area (Å²) >= 11 is 0. The number of aryl methyl sites for hydroxylation is 1. The fraction of sp³-hybridized carbons (Fsp3) is 0.222. The second-order valence-electron chi connectivity index (χ2n) is 9.90. The average Bonchev–Trinajstić information content (AvgIpc) is 3.34. The molecular formula is C27H27N9O5. The van der Waals surface area contributed by atoms with Gasteiger partial charge in [-0.2, -0.15) is 10.4 Å². The molecule has 4 aromatic rings. The highest BCUT2D eigenvalue weighted by Crippen LogP contribution is 2.32. The van der Waals surface area contributed by atoms with Gasteiger partial charge < -0.3 is 20.5 Å². The molecule has 2 aromatic heterocycles. The molecular weight excluding hydrogens is 530 g/mol. The van der Waals surface area contributed by atoms with Crippen molar-refractivity contribution < 1.29 is 19.2 Å². The Bertz CT molecular complexity index is 1690. The summed E-state index contributed by atoms with van der Waals surface area (Å²) in [6.45, 7) is 7.69. The molecule has 0 unspecified atom stereocenters. The lowest BCUT2D eigenvalue weighted by Gasteiger charge is -2.14. The second kappa shape index (κ2) is 11.2. The van der Waals surface area contributed by atoms with Gasteiger partial charge in [-0.25, -0.2) is 19.4 Å². The molecule has 210 valence electrons. The van der Waals surface area contributed by atoms with Crippen LogP contribution in [0.3, 0.4) is 0 Å². The third-order valence-corrected chi connectivity index (χ3v) is 5.94. The van der Waals surface area contributed by atoms with Gasteiger partial charge in [-0.1, -0.05) is 20.8 Å². The smallest absolute Gasteiger partial charge is 0.324 e. The van der Waals surface area contributed by atoms with E-state index in [4.69, 9.17) is 15.2 Å². The highest BCUT2D eigenvalue weighted by molar-refractivity contribution is 6.00. The zero-order chi connectivity index (χ0) is 29.9.